The van der Waals surface area contributed by atoms with Gasteiger partial charge in [-0.2, -0.15) is 0 Å². The Balaban J connectivity index is 1.73. The summed E-state index contributed by atoms with van der Waals surface area (Å²) in [5.41, 5.74) is 1.91. The van der Waals surface area contributed by atoms with E-state index in [9.17, 15) is 14.7 Å². The smallest absolute Gasteiger partial charge is 0.302 e. The predicted octanol–water partition coefficient (Wildman–Crippen LogP) is 4.25. The minimum Gasteiger partial charge on any atom is -0.507 e. The van der Waals surface area contributed by atoms with Crippen LogP contribution in [0.15, 0.2) is 72.4 Å². The number of aliphatic hydroxyl groups excluding tert-OH is 1. The molecular weight excluding hydrogens is 444 g/mol. The summed E-state index contributed by atoms with van der Waals surface area (Å²) in [7, 11) is 1.44. The summed E-state index contributed by atoms with van der Waals surface area (Å²) in [5.74, 6) is -1.54. The second kappa shape index (κ2) is 8.07. The van der Waals surface area contributed by atoms with Crippen molar-refractivity contribution in [3.05, 3.63) is 88.7 Å². The van der Waals surface area contributed by atoms with E-state index in [4.69, 9.17) is 16.3 Å². The van der Waals surface area contributed by atoms with Crippen LogP contribution < -0.4 is 9.64 Å². The van der Waals surface area contributed by atoms with Crippen molar-refractivity contribution in [1.82, 2.24) is 15.0 Å². The van der Waals surface area contributed by atoms with Crippen molar-refractivity contribution in [2.24, 2.45) is 0 Å². The fourth-order valence-electron chi connectivity index (χ4n) is 3.88. The van der Waals surface area contributed by atoms with E-state index in [-0.39, 0.29) is 22.8 Å². The maximum absolute atomic E-state index is 13.2. The topological polar surface area (TPSA) is 108 Å². The van der Waals surface area contributed by atoms with Gasteiger partial charge in [0.25, 0.3) is 5.78 Å². The zero-order valence-electron chi connectivity index (χ0n) is 17.3. The van der Waals surface area contributed by atoms with Gasteiger partial charge in [-0.25, -0.2) is 4.98 Å². The normalized spacial score (nSPS) is 17.6. The highest BCUT2D eigenvalue weighted by molar-refractivity contribution is 6.51. The number of amides is 1. The van der Waals surface area contributed by atoms with Gasteiger partial charge in [0.05, 0.1) is 34.4 Å². The SMILES string of the molecule is COc1cc(/C(O)=C2\C(=O)C(=O)N(c3nc4ccccc4[nH]3)C2c2ccccn2)ccc1Cl. The number of halogens is 1. The lowest BCUT2D eigenvalue weighted by atomic mass is 9.98. The van der Waals surface area contributed by atoms with Crippen molar-refractivity contribution in [3.8, 4) is 5.75 Å². The first-order valence-electron chi connectivity index (χ1n) is 10.00. The van der Waals surface area contributed by atoms with Crippen molar-refractivity contribution in [2.45, 2.75) is 6.04 Å². The number of rotatable bonds is 4. The van der Waals surface area contributed by atoms with Crippen LogP contribution in [0.25, 0.3) is 16.8 Å². The van der Waals surface area contributed by atoms with Crippen molar-refractivity contribution in [2.75, 3.05) is 12.0 Å². The van der Waals surface area contributed by atoms with Gasteiger partial charge < -0.3 is 14.8 Å². The molecule has 1 fully saturated rings. The Bertz CT molecular complexity index is 1400. The molecule has 0 saturated carbocycles. The van der Waals surface area contributed by atoms with Crippen molar-refractivity contribution in [3.63, 3.8) is 0 Å². The molecule has 4 aromatic rings. The molecule has 2 aromatic carbocycles. The summed E-state index contributed by atoms with van der Waals surface area (Å²) in [6.07, 6.45) is 1.55. The maximum Gasteiger partial charge on any atom is 0.302 e. The number of hydrogen-bond acceptors (Lipinski definition) is 6. The van der Waals surface area contributed by atoms with E-state index in [0.717, 1.165) is 0 Å². The molecule has 33 heavy (non-hydrogen) atoms. The Morgan fingerprint density at radius 2 is 1.91 bits per heavy atom. The average Bonchev–Trinajstić information content (AvgIpc) is 3.38. The lowest BCUT2D eigenvalue weighted by Crippen LogP contribution is -2.30. The molecule has 164 valence electrons. The molecule has 2 N–H and O–H groups in total. The van der Waals surface area contributed by atoms with Gasteiger partial charge in [-0.05, 0) is 42.5 Å². The quantitative estimate of drug-likeness (QED) is 0.268. The van der Waals surface area contributed by atoms with Crippen LogP contribution in [0, 0.1) is 0 Å². The molecule has 1 aliphatic rings. The first-order chi connectivity index (χ1) is 16.0. The number of para-hydroxylation sites is 2. The number of imidazole rings is 1. The number of hydrogen-bond donors (Lipinski definition) is 2. The van der Waals surface area contributed by atoms with Crippen molar-refractivity contribution in [1.29, 1.82) is 0 Å². The van der Waals surface area contributed by atoms with Gasteiger partial charge in [-0.3, -0.25) is 19.5 Å². The van der Waals surface area contributed by atoms with Gasteiger partial charge in [-0.1, -0.05) is 29.8 Å². The summed E-state index contributed by atoms with van der Waals surface area (Å²) in [6, 6.07) is 16.0. The van der Waals surface area contributed by atoms with Crippen LogP contribution in [0.3, 0.4) is 0 Å². The summed E-state index contributed by atoms with van der Waals surface area (Å²) >= 11 is 6.10. The van der Waals surface area contributed by atoms with Gasteiger partial charge in [0.15, 0.2) is 0 Å². The first kappa shape index (κ1) is 20.7. The Morgan fingerprint density at radius 3 is 2.64 bits per heavy atom. The third-order valence-corrected chi connectivity index (χ3v) is 5.75. The Labute approximate surface area is 193 Å². The third-order valence-electron chi connectivity index (χ3n) is 5.44. The highest BCUT2D eigenvalue weighted by atomic mass is 35.5. The summed E-state index contributed by atoms with van der Waals surface area (Å²) < 4.78 is 5.23. The molecule has 2 aromatic heterocycles. The van der Waals surface area contributed by atoms with E-state index in [1.807, 2.05) is 18.2 Å². The minimum atomic E-state index is -0.992. The Morgan fingerprint density at radius 1 is 1.12 bits per heavy atom. The van der Waals surface area contributed by atoms with E-state index in [1.54, 1.807) is 42.6 Å². The van der Waals surface area contributed by atoms with E-state index in [1.165, 1.54) is 18.1 Å². The standard InChI is InChI=1S/C24H17ClN4O4/c1-33-18-12-13(9-10-14(18)25)21(30)19-20(17-8-4-5-11-26-17)29(23(32)22(19)31)24-27-15-6-2-3-7-16(15)28-24/h2-12,20,30H,1H3,(H,27,28)/b21-19+. The number of carbonyl (C=O) groups excluding carboxylic acids is 2. The van der Waals surface area contributed by atoms with Crippen molar-refractivity contribution >= 4 is 46.0 Å². The van der Waals surface area contributed by atoms with Gasteiger partial charge in [0.1, 0.15) is 17.6 Å². The molecular formula is C24H17ClN4O4. The zero-order valence-corrected chi connectivity index (χ0v) is 18.1. The number of aliphatic hydroxyl groups is 1. The van der Waals surface area contributed by atoms with Crippen LogP contribution in [0.5, 0.6) is 5.75 Å². The number of nitrogens with one attached hydrogen (secondary N) is 1. The van der Waals surface area contributed by atoms with Gasteiger partial charge in [-0.15, -0.1) is 0 Å². The molecule has 0 spiro atoms. The number of Topliss-reactive ketones (excluding diaryl/α,β-unsaturated/α-hetero) is 1. The van der Waals surface area contributed by atoms with Crippen LogP contribution >= 0.6 is 11.6 Å². The van der Waals surface area contributed by atoms with Gasteiger partial charge in [0.2, 0.25) is 5.95 Å². The average molecular weight is 461 g/mol. The summed E-state index contributed by atoms with van der Waals surface area (Å²) in [5, 5.41) is 11.5. The minimum absolute atomic E-state index is 0.108. The molecule has 0 radical (unpaired) electrons. The number of fused-ring (bicyclic) bond motifs is 1. The van der Waals surface area contributed by atoms with Crippen LogP contribution in [-0.2, 0) is 9.59 Å². The van der Waals surface area contributed by atoms with Crippen molar-refractivity contribution < 1.29 is 19.4 Å². The molecule has 1 amide bonds. The predicted molar refractivity (Wildman–Crippen MR) is 123 cm³/mol. The lowest BCUT2D eigenvalue weighted by Gasteiger charge is -2.22. The number of carbonyl (C=O) groups is 2. The largest absolute Gasteiger partial charge is 0.507 e. The number of ether oxygens (including phenoxy) is 1. The molecule has 3 heterocycles. The van der Waals surface area contributed by atoms with Crippen LogP contribution in [0.2, 0.25) is 5.02 Å². The number of ketones is 1. The summed E-state index contributed by atoms with van der Waals surface area (Å²) in [4.78, 5) is 39.5. The molecule has 0 bridgehead atoms. The number of aromatic nitrogens is 3. The number of H-pyrrole nitrogens is 1. The monoisotopic (exact) mass is 460 g/mol. The molecule has 1 aliphatic heterocycles. The molecule has 1 unspecified atom stereocenters. The van der Waals surface area contributed by atoms with E-state index >= 15 is 0 Å². The molecule has 9 heteroatoms. The Kier molecular flexibility index (Phi) is 5.07. The number of pyridine rings is 1. The fourth-order valence-corrected chi connectivity index (χ4v) is 4.08. The zero-order chi connectivity index (χ0) is 23.1. The second-order valence-corrected chi connectivity index (χ2v) is 7.76. The van der Waals surface area contributed by atoms with Crippen LogP contribution in [-0.4, -0.2) is 38.9 Å². The first-order valence-corrected chi connectivity index (χ1v) is 10.4. The fraction of sp³-hybridized carbons (Fsp3) is 0.0833. The molecule has 1 atom stereocenters. The molecule has 8 nitrogen and oxygen atoms in total. The highest BCUT2D eigenvalue weighted by Gasteiger charge is 2.48. The van der Waals surface area contributed by atoms with E-state index in [0.29, 0.717) is 27.5 Å². The van der Waals surface area contributed by atoms with Gasteiger partial charge >= 0.3 is 5.91 Å². The second-order valence-electron chi connectivity index (χ2n) is 7.35. The molecule has 1 saturated heterocycles. The summed E-state index contributed by atoms with van der Waals surface area (Å²) in [6.45, 7) is 0. The third kappa shape index (κ3) is 3.41. The molecule has 5 rings (SSSR count). The lowest BCUT2D eigenvalue weighted by molar-refractivity contribution is -0.132. The van der Waals surface area contributed by atoms with Gasteiger partial charge in [0, 0.05) is 11.8 Å². The highest BCUT2D eigenvalue weighted by Crippen LogP contribution is 2.41. The number of nitrogens with zero attached hydrogens (tertiary/aromatic N) is 3. The number of methoxy groups -OCH3 is 1. The maximum atomic E-state index is 13.2. The number of aromatic amines is 1. The number of benzene rings is 2. The Hall–Kier alpha value is -4.17. The molecule has 0 aliphatic carbocycles. The van der Waals surface area contributed by atoms with E-state index < -0.39 is 17.7 Å². The van der Waals surface area contributed by atoms with E-state index in [2.05, 4.69) is 15.0 Å². The number of anilines is 1. The van der Waals surface area contributed by atoms with Crippen LogP contribution in [0.4, 0.5) is 5.95 Å². The van der Waals surface area contributed by atoms with Crippen LogP contribution in [0.1, 0.15) is 17.3 Å².